The summed E-state index contributed by atoms with van der Waals surface area (Å²) in [6, 6.07) is 14.3. The summed E-state index contributed by atoms with van der Waals surface area (Å²) in [7, 11) is 0. The molecule has 3 aromatic heterocycles. The maximum atomic E-state index is 11.0. The van der Waals surface area contributed by atoms with Crippen molar-refractivity contribution in [3.05, 3.63) is 71.4 Å². The minimum Gasteiger partial charge on any atom is -0.381 e. The number of benzene rings is 1. The highest BCUT2D eigenvalue weighted by Gasteiger charge is 2.20. The van der Waals surface area contributed by atoms with Crippen LogP contribution in [0.4, 0.5) is 11.6 Å². The summed E-state index contributed by atoms with van der Waals surface area (Å²) in [6.07, 6.45) is 6.32. The summed E-state index contributed by atoms with van der Waals surface area (Å²) >= 11 is 0. The van der Waals surface area contributed by atoms with Crippen molar-refractivity contribution >= 4 is 34.8 Å². The van der Waals surface area contributed by atoms with Crippen molar-refractivity contribution in [2.45, 2.75) is 20.3 Å². The molecule has 4 aromatic rings. The third kappa shape index (κ3) is 4.45. The summed E-state index contributed by atoms with van der Waals surface area (Å²) in [5.74, 6) is 6.21. The van der Waals surface area contributed by atoms with E-state index in [1.807, 2.05) is 37.3 Å². The summed E-state index contributed by atoms with van der Waals surface area (Å²) in [4.78, 5) is 20.3. The molecule has 8 nitrogen and oxygen atoms in total. The maximum absolute atomic E-state index is 11.0. The molecule has 0 unspecified atom stereocenters. The van der Waals surface area contributed by atoms with E-state index in [4.69, 9.17) is 16.5 Å². The molecule has 0 fully saturated rings. The first-order chi connectivity index (χ1) is 16.5. The van der Waals surface area contributed by atoms with Crippen molar-refractivity contribution < 1.29 is 4.79 Å². The van der Waals surface area contributed by atoms with Crippen molar-refractivity contribution in [1.29, 1.82) is 0 Å². The molecule has 8 heteroatoms. The fourth-order valence-electron chi connectivity index (χ4n) is 3.74. The van der Waals surface area contributed by atoms with Gasteiger partial charge in [-0.25, -0.2) is 9.67 Å². The molecule has 5 N–H and O–H groups in total. The van der Waals surface area contributed by atoms with Gasteiger partial charge in [-0.05, 0) is 37.1 Å². The van der Waals surface area contributed by atoms with E-state index >= 15 is 0 Å². The van der Waals surface area contributed by atoms with E-state index < -0.39 is 5.91 Å². The molecule has 0 spiro atoms. The molecule has 5 rings (SSSR count). The second kappa shape index (κ2) is 9.88. The molecule has 4 heterocycles. The number of aryl methyl sites for hydroxylation is 1. The maximum Gasteiger partial charge on any atom is 0.256 e. The topological polar surface area (TPSA) is 125 Å². The summed E-state index contributed by atoms with van der Waals surface area (Å²) in [6.45, 7) is 4.63. The molecular formula is C26H25N7O. The summed E-state index contributed by atoms with van der Waals surface area (Å²) in [5.41, 5.74) is 17.0. The normalized spacial score (nSPS) is 11.5. The summed E-state index contributed by atoms with van der Waals surface area (Å²) < 4.78 is 1.50. The molecule has 1 aliphatic heterocycles. The minimum atomic E-state index is -0.568. The van der Waals surface area contributed by atoms with Gasteiger partial charge in [-0.3, -0.25) is 9.78 Å². The van der Waals surface area contributed by atoms with Crippen LogP contribution in [0.1, 0.15) is 35.3 Å². The van der Waals surface area contributed by atoms with Gasteiger partial charge in [0.15, 0.2) is 5.82 Å². The standard InChI is InChI=1S/C19H16N2.C7H9N5O/c1-3-8-15-11-12-20-17-13-14(4-2)18(21-19(15)17)16-9-6-5-7-10-16;8-5-4(6(9)13)7-10-2-1-3-12(7)11-5/h5-7,9-13H,4H2,1-2H3;1,3,10H,2H2,(H2,8,11)(H2,9,13). The van der Waals surface area contributed by atoms with Crippen LogP contribution >= 0.6 is 0 Å². The molecule has 0 atom stereocenters. The van der Waals surface area contributed by atoms with Crippen LogP contribution in [-0.2, 0) is 6.42 Å². The first-order valence-corrected chi connectivity index (χ1v) is 10.9. The Balaban J connectivity index is 0.000000180. The van der Waals surface area contributed by atoms with Crippen LogP contribution in [0.2, 0.25) is 0 Å². The smallest absolute Gasteiger partial charge is 0.256 e. The zero-order chi connectivity index (χ0) is 24.1. The summed E-state index contributed by atoms with van der Waals surface area (Å²) in [5, 5.41) is 6.88. The first kappa shape index (κ1) is 22.6. The van der Waals surface area contributed by atoms with Gasteiger partial charge in [-0.15, -0.1) is 11.0 Å². The number of hydrogen-bond donors (Lipinski definition) is 3. The molecule has 0 bridgehead atoms. The van der Waals surface area contributed by atoms with Crippen molar-refractivity contribution in [3.63, 3.8) is 0 Å². The van der Waals surface area contributed by atoms with E-state index in [0.717, 1.165) is 34.3 Å². The highest BCUT2D eigenvalue weighted by Crippen LogP contribution is 2.26. The second-order valence-electron chi connectivity index (χ2n) is 7.50. The number of fused-ring (bicyclic) bond motifs is 2. The van der Waals surface area contributed by atoms with Gasteiger partial charge in [0.2, 0.25) is 0 Å². The third-order valence-corrected chi connectivity index (χ3v) is 5.30. The van der Waals surface area contributed by atoms with Gasteiger partial charge in [-0.2, -0.15) is 0 Å². The number of primary amides is 1. The lowest BCUT2D eigenvalue weighted by Crippen LogP contribution is -2.17. The van der Waals surface area contributed by atoms with E-state index in [1.54, 1.807) is 12.4 Å². The average molecular weight is 452 g/mol. The Morgan fingerprint density at radius 2 is 2.03 bits per heavy atom. The number of nitrogens with one attached hydrogen (secondary N) is 1. The van der Waals surface area contributed by atoms with Crippen molar-refractivity contribution in [3.8, 4) is 23.1 Å². The predicted octanol–water partition coefficient (Wildman–Crippen LogP) is 3.69. The monoisotopic (exact) mass is 451 g/mol. The molecule has 1 aromatic carbocycles. The number of aromatic nitrogens is 4. The number of pyridine rings is 2. The Bertz CT molecular complexity index is 1440. The van der Waals surface area contributed by atoms with E-state index in [-0.39, 0.29) is 11.4 Å². The van der Waals surface area contributed by atoms with E-state index in [0.29, 0.717) is 12.4 Å². The number of nitrogens with zero attached hydrogens (tertiary/aromatic N) is 4. The lowest BCUT2D eigenvalue weighted by atomic mass is 10.0. The van der Waals surface area contributed by atoms with E-state index in [9.17, 15) is 4.79 Å². The molecule has 34 heavy (non-hydrogen) atoms. The molecule has 1 amide bonds. The molecule has 170 valence electrons. The number of nitrogen functional groups attached to an aromatic ring is 1. The zero-order valence-corrected chi connectivity index (χ0v) is 19.0. The lowest BCUT2D eigenvalue weighted by molar-refractivity contribution is 0.100. The number of carbonyl (C=O) groups excluding carboxylic acids is 1. The van der Waals surface area contributed by atoms with Gasteiger partial charge in [0.1, 0.15) is 16.9 Å². The van der Waals surface area contributed by atoms with Gasteiger partial charge in [0.05, 0.1) is 16.8 Å². The van der Waals surface area contributed by atoms with Gasteiger partial charge >= 0.3 is 0 Å². The van der Waals surface area contributed by atoms with Crippen molar-refractivity contribution in [2.75, 3.05) is 17.6 Å². The van der Waals surface area contributed by atoms with Gasteiger partial charge in [-0.1, -0.05) is 43.2 Å². The Morgan fingerprint density at radius 3 is 2.74 bits per heavy atom. The fraction of sp³-hybridized carbons (Fsp3) is 0.154. The predicted molar refractivity (Wildman–Crippen MR) is 136 cm³/mol. The lowest BCUT2D eigenvalue weighted by Gasteiger charge is -2.10. The molecular weight excluding hydrogens is 426 g/mol. The van der Waals surface area contributed by atoms with E-state index in [1.165, 1.54) is 10.2 Å². The molecule has 0 saturated heterocycles. The van der Waals surface area contributed by atoms with Crippen LogP contribution in [0.15, 0.2) is 54.7 Å². The SMILES string of the molecule is CC#Cc1ccnc2cc(CC)c(-c3ccccc3)nc12.NC(=O)c1c(N)nn2c1NCC=C2. The molecule has 1 aliphatic rings. The Morgan fingerprint density at radius 1 is 1.24 bits per heavy atom. The quantitative estimate of drug-likeness (QED) is 0.408. The molecule has 0 radical (unpaired) electrons. The number of amides is 1. The highest BCUT2D eigenvalue weighted by molar-refractivity contribution is 6.02. The number of hydrogen-bond acceptors (Lipinski definition) is 6. The highest BCUT2D eigenvalue weighted by atomic mass is 16.1. The van der Waals surface area contributed by atoms with Gasteiger partial charge in [0.25, 0.3) is 5.91 Å². The van der Waals surface area contributed by atoms with Crippen molar-refractivity contribution in [1.82, 2.24) is 19.7 Å². The zero-order valence-electron chi connectivity index (χ0n) is 19.0. The Kier molecular flexibility index (Phi) is 6.55. The van der Waals surface area contributed by atoms with Crippen molar-refractivity contribution in [2.24, 2.45) is 5.73 Å². The van der Waals surface area contributed by atoms with Crippen LogP contribution in [0, 0.1) is 11.8 Å². The number of nitrogens with two attached hydrogens (primary N) is 2. The number of rotatable bonds is 3. The Labute approximate surface area is 197 Å². The minimum absolute atomic E-state index is 0.154. The van der Waals surface area contributed by atoms with Crippen LogP contribution in [-0.4, -0.2) is 32.2 Å². The molecule has 0 aliphatic carbocycles. The van der Waals surface area contributed by atoms with Crippen LogP contribution in [0.5, 0.6) is 0 Å². The van der Waals surface area contributed by atoms with Gasteiger partial charge < -0.3 is 16.8 Å². The van der Waals surface area contributed by atoms with Crippen LogP contribution < -0.4 is 16.8 Å². The van der Waals surface area contributed by atoms with Crippen LogP contribution in [0.3, 0.4) is 0 Å². The molecule has 0 saturated carbocycles. The first-order valence-electron chi connectivity index (χ1n) is 10.9. The largest absolute Gasteiger partial charge is 0.381 e. The third-order valence-electron chi connectivity index (χ3n) is 5.30. The number of anilines is 2. The Hall–Kier alpha value is -4.64. The van der Waals surface area contributed by atoms with Crippen LogP contribution in [0.25, 0.3) is 28.5 Å². The van der Waals surface area contributed by atoms with Gasteiger partial charge in [0, 0.05) is 24.5 Å². The van der Waals surface area contributed by atoms with E-state index in [2.05, 4.69) is 52.4 Å². The fourth-order valence-corrected chi connectivity index (χ4v) is 3.74. The number of carbonyl (C=O) groups is 1. The average Bonchev–Trinajstić information content (AvgIpc) is 3.20. The second-order valence-corrected chi connectivity index (χ2v) is 7.50.